The smallest absolute Gasteiger partial charge is 0.398 e. The Morgan fingerprint density at radius 3 is 2.08 bits per heavy atom. The summed E-state index contributed by atoms with van der Waals surface area (Å²) in [4.78, 5) is 11.0. The maximum atomic E-state index is 11.3. The normalized spacial score (nSPS) is 12.8. The molecule has 128 valence electrons. The van der Waals surface area contributed by atoms with Crippen LogP contribution in [-0.4, -0.2) is 24.0 Å². The van der Waals surface area contributed by atoms with Crippen LogP contribution in [0.15, 0.2) is 66.7 Å². The number of hydrogen-bond acceptors (Lipinski definition) is 4. The third kappa shape index (κ3) is 4.03. The van der Waals surface area contributed by atoms with Crippen molar-refractivity contribution >= 4 is 27.1 Å². The summed E-state index contributed by atoms with van der Waals surface area (Å²) in [6.07, 6.45) is -1.09. The van der Waals surface area contributed by atoms with Gasteiger partial charge >= 0.3 is 16.4 Å². The van der Waals surface area contributed by atoms with Crippen molar-refractivity contribution in [1.29, 1.82) is 0 Å². The maximum absolute atomic E-state index is 11.3. The minimum atomic E-state index is -4.72. The van der Waals surface area contributed by atoms with E-state index in [4.69, 9.17) is 13.8 Å². The first-order valence-electron chi connectivity index (χ1n) is 7.31. The van der Waals surface area contributed by atoms with Gasteiger partial charge in [0.05, 0.1) is 5.56 Å². The lowest BCUT2D eigenvalue weighted by atomic mass is 9.98. The van der Waals surface area contributed by atoms with Gasteiger partial charge in [0.1, 0.15) is 6.10 Å². The summed E-state index contributed by atoms with van der Waals surface area (Å²) in [7, 11) is -4.72. The van der Waals surface area contributed by atoms with E-state index in [9.17, 15) is 13.2 Å². The molecule has 0 aromatic heterocycles. The van der Waals surface area contributed by atoms with Gasteiger partial charge in [0.25, 0.3) is 0 Å². The lowest BCUT2D eigenvalue weighted by molar-refractivity contribution is 0.0696. The van der Waals surface area contributed by atoms with E-state index in [1.165, 1.54) is 24.3 Å². The second-order valence-corrected chi connectivity index (χ2v) is 6.49. The highest BCUT2D eigenvalue weighted by Gasteiger charge is 2.22. The van der Waals surface area contributed by atoms with E-state index in [2.05, 4.69) is 0 Å². The first kappa shape index (κ1) is 17.1. The van der Waals surface area contributed by atoms with Crippen molar-refractivity contribution in [3.63, 3.8) is 0 Å². The fourth-order valence-electron chi connectivity index (χ4n) is 2.60. The molecule has 0 aliphatic heterocycles. The molecule has 3 aromatic rings. The van der Waals surface area contributed by atoms with Gasteiger partial charge in [-0.05, 0) is 40.1 Å². The predicted octanol–water partition coefficient (Wildman–Crippen LogP) is 3.45. The molecule has 0 bridgehead atoms. The van der Waals surface area contributed by atoms with Crippen LogP contribution in [0.4, 0.5) is 0 Å². The zero-order valence-electron chi connectivity index (χ0n) is 12.9. The van der Waals surface area contributed by atoms with E-state index in [-0.39, 0.29) is 5.56 Å². The zero-order chi connectivity index (χ0) is 18.0. The van der Waals surface area contributed by atoms with Crippen molar-refractivity contribution in [2.75, 3.05) is 0 Å². The van der Waals surface area contributed by atoms with E-state index in [0.717, 1.165) is 10.8 Å². The zero-order valence-corrected chi connectivity index (χ0v) is 13.7. The number of benzene rings is 3. The molecule has 0 aliphatic carbocycles. The van der Waals surface area contributed by atoms with E-state index < -0.39 is 22.5 Å². The third-order valence-corrected chi connectivity index (χ3v) is 4.19. The molecule has 2 N–H and O–H groups in total. The van der Waals surface area contributed by atoms with Crippen LogP contribution in [0.2, 0.25) is 0 Å². The van der Waals surface area contributed by atoms with Crippen LogP contribution in [-0.2, 0) is 14.6 Å². The fraction of sp³-hybridized carbons (Fsp3) is 0.0556. The van der Waals surface area contributed by atoms with Gasteiger partial charge in [0.15, 0.2) is 0 Å². The minimum Gasteiger partial charge on any atom is -0.478 e. The van der Waals surface area contributed by atoms with Crippen LogP contribution in [0.1, 0.15) is 27.6 Å². The monoisotopic (exact) mass is 358 g/mol. The fourth-order valence-corrected chi connectivity index (χ4v) is 3.06. The van der Waals surface area contributed by atoms with Crippen LogP contribution in [0.5, 0.6) is 0 Å². The van der Waals surface area contributed by atoms with Crippen molar-refractivity contribution in [2.24, 2.45) is 0 Å². The molecule has 1 atom stereocenters. The van der Waals surface area contributed by atoms with Gasteiger partial charge < -0.3 is 5.11 Å². The average Bonchev–Trinajstić information content (AvgIpc) is 2.58. The van der Waals surface area contributed by atoms with Gasteiger partial charge in [-0.1, -0.05) is 48.5 Å². The topological polar surface area (TPSA) is 101 Å². The molecule has 0 radical (unpaired) electrons. The predicted molar refractivity (Wildman–Crippen MR) is 91.8 cm³/mol. The van der Waals surface area contributed by atoms with Crippen molar-refractivity contribution < 1.29 is 27.1 Å². The number of hydrogen-bond donors (Lipinski definition) is 2. The van der Waals surface area contributed by atoms with Gasteiger partial charge in [0, 0.05) is 0 Å². The molecule has 3 aromatic carbocycles. The highest BCUT2D eigenvalue weighted by Crippen LogP contribution is 2.30. The van der Waals surface area contributed by atoms with Crippen molar-refractivity contribution in [3.05, 3.63) is 83.4 Å². The summed E-state index contributed by atoms with van der Waals surface area (Å²) in [5.74, 6) is -1.09. The molecule has 0 spiro atoms. The van der Waals surface area contributed by atoms with E-state index in [0.29, 0.717) is 11.1 Å². The van der Waals surface area contributed by atoms with Crippen LogP contribution in [0, 0.1) is 0 Å². The summed E-state index contributed by atoms with van der Waals surface area (Å²) >= 11 is 0. The van der Waals surface area contributed by atoms with E-state index in [1.807, 2.05) is 30.3 Å². The largest absolute Gasteiger partial charge is 0.478 e. The Labute approximate surface area is 144 Å². The molecule has 0 aliphatic rings. The Kier molecular flexibility index (Phi) is 4.54. The van der Waals surface area contributed by atoms with Gasteiger partial charge in [-0.15, -0.1) is 0 Å². The number of carbonyl (C=O) groups is 1. The molecule has 0 saturated carbocycles. The van der Waals surface area contributed by atoms with Gasteiger partial charge in [0.2, 0.25) is 0 Å². The first-order valence-corrected chi connectivity index (χ1v) is 8.68. The summed E-state index contributed by atoms with van der Waals surface area (Å²) in [5, 5.41) is 10.8. The van der Waals surface area contributed by atoms with E-state index in [1.54, 1.807) is 12.1 Å². The lowest BCUT2D eigenvalue weighted by Gasteiger charge is -2.17. The highest BCUT2D eigenvalue weighted by atomic mass is 32.3. The Morgan fingerprint density at radius 1 is 0.880 bits per heavy atom. The van der Waals surface area contributed by atoms with Crippen molar-refractivity contribution in [3.8, 4) is 0 Å². The quantitative estimate of drug-likeness (QED) is 0.678. The number of fused-ring (bicyclic) bond motifs is 1. The SMILES string of the molecule is O=C(O)c1ccc(C(OS(=O)(=O)O)c2ccc3ccccc3c2)cc1. The molecule has 6 nitrogen and oxygen atoms in total. The first-order chi connectivity index (χ1) is 11.8. The van der Waals surface area contributed by atoms with Crippen molar-refractivity contribution in [1.82, 2.24) is 0 Å². The second kappa shape index (κ2) is 6.64. The third-order valence-electron chi connectivity index (χ3n) is 3.75. The molecule has 3 rings (SSSR count). The molecule has 1 unspecified atom stereocenters. The number of carboxylic acids is 1. The molecule has 0 heterocycles. The molecule has 25 heavy (non-hydrogen) atoms. The Bertz CT molecular complexity index is 1020. The molecule has 7 heteroatoms. The number of rotatable bonds is 5. The molecular weight excluding hydrogens is 344 g/mol. The van der Waals surface area contributed by atoms with Gasteiger partial charge in [-0.3, -0.25) is 4.55 Å². The summed E-state index contributed by atoms with van der Waals surface area (Å²) in [5.41, 5.74) is 0.977. The Morgan fingerprint density at radius 2 is 1.48 bits per heavy atom. The van der Waals surface area contributed by atoms with Gasteiger partial charge in [-0.2, -0.15) is 8.42 Å². The summed E-state index contributed by atoms with van der Waals surface area (Å²) in [6.45, 7) is 0. The van der Waals surface area contributed by atoms with Crippen LogP contribution < -0.4 is 0 Å². The Hall–Kier alpha value is -2.74. The van der Waals surface area contributed by atoms with Crippen LogP contribution in [0.3, 0.4) is 0 Å². The lowest BCUT2D eigenvalue weighted by Crippen LogP contribution is -2.12. The molecule has 0 saturated heterocycles. The number of aromatic carboxylic acids is 1. The van der Waals surface area contributed by atoms with Crippen molar-refractivity contribution in [2.45, 2.75) is 6.10 Å². The molecular formula is C18H14O6S. The van der Waals surface area contributed by atoms with E-state index >= 15 is 0 Å². The van der Waals surface area contributed by atoms with Crippen LogP contribution >= 0.6 is 0 Å². The van der Waals surface area contributed by atoms with Gasteiger partial charge in [-0.25, -0.2) is 8.98 Å². The Balaban J connectivity index is 2.08. The standard InChI is InChI=1S/C18H14O6S/c19-18(20)14-8-6-13(7-9-14)17(24-25(21,22)23)16-10-5-12-3-1-2-4-15(12)11-16/h1-11,17H,(H,19,20)(H,21,22,23). The summed E-state index contributed by atoms with van der Waals surface area (Å²) < 4.78 is 36.5. The molecule has 0 fully saturated rings. The maximum Gasteiger partial charge on any atom is 0.398 e. The molecule has 0 amide bonds. The summed E-state index contributed by atoms with van der Waals surface area (Å²) in [6, 6.07) is 18.4. The minimum absolute atomic E-state index is 0.0628. The second-order valence-electron chi connectivity index (χ2n) is 5.44. The highest BCUT2D eigenvalue weighted by molar-refractivity contribution is 7.80. The average molecular weight is 358 g/mol. The number of carboxylic acid groups (broad SMARTS) is 1. The van der Waals surface area contributed by atoms with Crippen LogP contribution in [0.25, 0.3) is 10.8 Å².